The predicted octanol–water partition coefficient (Wildman–Crippen LogP) is 2.66. The molecule has 1 heterocycles. The van der Waals surface area contributed by atoms with Gasteiger partial charge in [-0.05, 0) is 36.4 Å². The molecule has 0 fully saturated rings. The van der Waals surface area contributed by atoms with Crippen LogP contribution in [0.2, 0.25) is 0 Å². The Balaban J connectivity index is 1.63. The molecular weight excluding hydrogens is 364 g/mol. The zero-order valence-corrected chi connectivity index (χ0v) is 13.7. The minimum absolute atomic E-state index is 0.0351. The normalized spacial score (nSPS) is 12.6. The molecule has 3 rings (SSSR count). The van der Waals surface area contributed by atoms with E-state index in [1.165, 1.54) is 36.4 Å². The second-order valence-corrected chi connectivity index (χ2v) is 5.45. The Kier molecular flexibility index (Phi) is 5.30. The van der Waals surface area contributed by atoms with Crippen LogP contribution in [0.5, 0.6) is 11.5 Å². The number of hydrogen-bond donors (Lipinski definition) is 1. The standard InChI is InChI=1S/C18H13F2NO6/c19-18(20)27-12-3-1-2-11(6-12)17(24)26-8-14(22)10-4-5-15-13(7-10)21-16(23)9-25-15/h1-7,18H,8-9H2,(H,21,23). The highest BCUT2D eigenvalue weighted by Crippen LogP contribution is 2.28. The van der Waals surface area contributed by atoms with Crippen LogP contribution in [0.4, 0.5) is 14.5 Å². The Labute approximate surface area is 151 Å². The number of fused-ring (bicyclic) bond motifs is 1. The number of halogens is 2. The van der Waals surface area contributed by atoms with Gasteiger partial charge in [0, 0.05) is 5.56 Å². The van der Waals surface area contributed by atoms with Crippen molar-refractivity contribution in [3.8, 4) is 11.5 Å². The number of alkyl halides is 2. The van der Waals surface area contributed by atoms with Gasteiger partial charge in [-0.1, -0.05) is 6.07 Å². The lowest BCUT2D eigenvalue weighted by atomic mass is 10.1. The fourth-order valence-corrected chi connectivity index (χ4v) is 2.35. The molecule has 0 radical (unpaired) electrons. The molecule has 7 nitrogen and oxygen atoms in total. The number of hydrogen-bond acceptors (Lipinski definition) is 6. The molecule has 0 aromatic heterocycles. The van der Waals surface area contributed by atoms with Crippen molar-refractivity contribution < 1.29 is 37.4 Å². The summed E-state index contributed by atoms with van der Waals surface area (Å²) in [5, 5.41) is 2.57. The quantitative estimate of drug-likeness (QED) is 0.615. The molecule has 0 bridgehead atoms. The monoisotopic (exact) mass is 377 g/mol. The molecule has 0 aliphatic carbocycles. The number of nitrogens with one attached hydrogen (secondary N) is 1. The van der Waals surface area contributed by atoms with Gasteiger partial charge >= 0.3 is 12.6 Å². The molecule has 1 aliphatic rings. The summed E-state index contributed by atoms with van der Waals surface area (Å²) in [6, 6.07) is 9.46. The Morgan fingerprint density at radius 3 is 2.74 bits per heavy atom. The summed E-state index contributed by atoms with van der Waals surface area (Å²) >= 11 is 0. The maximum atomic E-state index is 12.2. The van der Waals surface area contributed by atoms with Crippen LogP contribution in [0.25, 0.3) is 0 Å². The smallest absolute Gasteiger partial charge is 0.387 e. The van der Waals surface area contributed by atoms with E-state index in [-0.39, 0.29) is 29.4 Å². The molecule has 1 aliphatic heterocycles. The van der Waals surface area contributed by atoms with E-state index in [9.17, 15) is 23.2 Å². The minimum Gasteiger partial charge on any atom is -0.482 e. The fourth-order valence-electron chi connectivity index (χ4n) is 2.35. The first-order chi connectivity index (χ1) is 12.9. The Morgan fingerprint density at radius 2 is 1.96 bits per heavy atom. The molecule has 0 unspecified atom stereocenters. The second kappa shape index (κ2) is 7.81. The van der Waals surface area contributed by atoms with Gasteiger partial charge in [-0.3, -0.25) is 9.59 Å². The zero-order chi connectivity index (χ0) is 19.4. The summed E-state index contributed by atoms with van der Waals surface area (Å²) in [5.41, 5.74) is 0.523. The van der Waals surface area contributed by atoms with Crippen molar-refractivity contribution in [2.45, 2.75) is 6.61 Å². The summed E-state index contributed by atoms with van der Waals surface area (Å²) in [7, 11) is 0. The molecule has 2 aromatic carbocycles. The van der Waals surface area contributed by atoms with Crippen LogP contribution in [0.3, 0.4) is 0 Å². The number of amides is 1. The number of Topliss-reactive ketones (excluding diaryl/α,β-unsaturated/α-hetero) is 1. The summed E-state index contributed by atoms with van der Waals surface area (Å²) in [6.07, 6.45) is 0. The molecule has 0 spiro atoms. The first-order valence-corrected chi connectivity index (χ1v) is 7.74. The number of benzene rings is 2. The molecule has 0 saturated heterocycles. The molecule has 0 atom stereocenters. The van der Waals surface area contributed by atoms with Crippen molar-refractivity contribution in [1.29, 1.82) is 0 Å². The lowest BCUT2D eigenvalue weighted by Crippen LogP contribution is -2.25. The van der Waals surface area contributed by atoms with Crippen LogP contribution in [0.1, 0.15) is 20.7 Å². The Morgan fingerprint density at radius 1 is 1.15 bits per heavy atom. The van der Waals surface area contributed by atoms with Gasteiger partial charge in [-0.25, -0.2) is 4.79 Å². The molecular formula is C18H13F2NO6. The van der Waals surface area contributed by atoms with Crippen molar-refractivity contribution in [1.82, 2.24) is 0 Å². The van der Waals surface area contributed by atoms with Gasteiger partial charge < -0.3 is 19.5 Å². The van der Waals surface area contributed by atoms with Crippen molar-refractivity contribution in [2.24, 2.45) is 0 Å². The van der Waals surface area contributed by atoms with Crippen LogP contribution in [-0.4, -0.2) is 37.5 Å². The first-order valence-electron chi connectivity index (χ1n) is 7.74. The third kappa shape index (κ3) is 4.57. The maximum absolute atomic E-state index is 12.2. The molecule has 27 heavy (non-hydrogen) atoms. The van der Waals surface area contributed by atoms with E-state index in [2.05, 4.69) is 10.1 Å². The SMILES string of the molecule is O=C1COc2ccc(C(=O)COC(=O)c3cccc(OC(F)F)c3)cc2N1. The topological polar surface area (TPSA) is 90.9 Å². The van der Waals surface area contributed by atoms with Crippen LogP contribution in [0.15, 0.2) is 42.5 Å². The van der Waals surface area contributed by atoms with Gasteiger partial charge in [-0.2, -0.15) is 8.78 Å². The van der Waals surface area contributed by atoms with E-state index in [1.807, 2.05) is 0 Å². The highest BCUT2D eigenvalue weighted by atomic mass is 19.3. The number of rotatable bonds is 6. The minimum atomic E-state index is -3.02. The third-order valence-corrected chi connectivity index (χ3v) is 3.56. The van der Waals surface area contributed by atoms with Gasteiger partial charge in [0.2, 0.25) is 0 Å². The average molecular weight is 377 g/mol. The van der Waals surface area contributed by atoms with E-state index in [1.54, 1.807) is 0 Å². The van der Waals surface area contributed by atoms with E-state index >= 15 is 0 Å². The molecule has 9 heteroatoms. The van der Waals surface area contributed by atoms with Crippen molar-refractivity contribution in [3.05, 3.63) is 53.6 Å². The van der Waals surface area contributed by atoms with E-state index in [0.29, 0.717) is 11.4 Å². The van der Waals surface area contributed by atoms with Gasteiger partial charge in [0.1, 0.15) is 11.5 Å². The van der Waals surface area contributed by atoms with Crippen molar-refractivity contribution >= 4 is 23.3 Å². The highest BCUT2D eigenvalue weighted by Gasteiger charge is 2.19. The number of carbonyl (C=O) groups excluding carboxylic acids is 3. The summed E-state index contributed by atoms with van der Waals surface area (Å²) < 4.78 is 38.8. The molecule has 0 saturated carbocycles. The predicted molar refractivity (Wildman–Crippen MR) is 88.3 cm³/mol. The summed E-state index contributed by atoms with van der Waals surface area (Å²) in [5.74, 6) is -1.48. The van der Waals surface area contributed by atoms with Crippen molar-refractivity contribution in [2.75, 3.05) is 18.5 Å². The number of carbonyl (C=O) groups is 3. The lowest BCUT2D eigenvalue weighted by molar-refractivity contribution is -0.118. The number of ether oxygens (including phenoxy) is 3. The maximum Gasteiger partial charge on any atom is 0.387 e. The lowest BCUT2D eigenvalue weighted by Gasteiger charge is -2.18. The Hall–Kier alpha value is -3.49. The van der Waals surface area contributed by atoms with Crippen LogP contribution >= 0.6 is 0 Å². The van der Waals surface area contributed by atoms with E-state index in [4.69, 9.17) is 9.47 Å². The Bertz CT molecular complexity index is 899. The second-order valence-electron chi connectivity index (χ2n) is 5.45. The molecule has 2 aromatic rings. The van der Waals surface area contributed by atoms with E-state index in [0.717, 1.165) is 6.07 Å². The van der Waals surface area contributed by atoms with Gasteiger partial charge in [0.05, 0.1) is 11.3 Å². The highest BCUT2D eigenvalue weighted by molar-refractivity contribution is 6.02. The number of esters is 1. The largest absolute Gasteiger partial charge is 0.482 e. The molecule has 140 valence electrons. The zero-order valence-electron chi connectivity index (χ0n) is 13.7. The summed E-state index contributed by atoms with van der Waals surface area (Å²) in [4.78, 5) is 35.5. The average Bonchev–Trinajstić information content (AvgIpc) is 2.64. The summed E-state index contributed by atoms with van der Waals surface area (Å²) in [6.45, 7) is -3.69. The van der Waals surface area contributed by atoms with Crippen LogP contribution < -0.4 is 14.8 Å². The van der Waals surface area contributed by atoms with Gasteiger partial charge in [-0.15, -0.1) is 0 Å². The van der Waals surface area contributed by atoms with Gasteiger partial charge in [0.25, 0.3) is 5.91 Å². The van der Waals surface area contributed by atoms with Crippen molar-refractivity contribution in [3.63, 3.8) is 0 Å². The van der Waals surface area contributed by atoms with Crippen LogP contribution in [-0.2, 0) is 9.53 Å². The number of ketones is 1. The molecule has 1 N–H and O–H groups in total. The first kappa shape index (κ1) is 18.3. The fraction of sp³-hybridized carbons (Fsp3) is 0.167. The van der Waals surface area contributed by atoms with Gasteiger partial charge in [0.15, 0.2) is 19.0 Å². The third-order valence-electron chi connectivity index (χ3n) is 3.56. The van der Waals surface area contributed by atoms with Crippen LogP contribution in [0, 0.1) is 0 Å². The van der Waals surface area contributed by atoms with E-state index < -0.39 is 25.0 Å². The number of anilines is 1. The molecule has 1 amide bonds.